The lowest BCUT2D eigenvalue weighted by molar-refractivity contribution is -0.117. The highest BCUT2D eigenvalue weighted by Crippen LogP contribution is 2.42. The van der Waals surface area contributed by atoms with E-state index in [-0.39, 0.29) is 17.1 Å². The second kappa shape index (κ2) is 5.10. The van der Waals surface area contributed by atoms with E-state index in [9.17, 15) is 13.2 Å². The molecule has 0 bridgehead atoms. The maximum atomic E-state index is 12.3. The van der Waals surface area contributed by atoms with Crippen molar-refractivity contribution < 1.29 is 13.2 Å². The predicted molar refractivity (Wildman–Crippen MR) is 81.5 cm³/mol. The third-order valence-electron chi connectivity index (χ3n) is 4.55. The van der Waals surface area contributed by atoms with Crippen LogP contribution in [-0.2, 0) is 14.8 Å². The molecule has 21 heavy (non-hydrogen) atoms. The molecular weight excluding hydrogens is 288 g/mol. The van der Waals surface area contributed by atoms with E-state index in [1.165, 1.54) is 0 Å². The van der Waals surface area contributed by atoms with Crippen molar-refractivity contribution >= 4 is 21.6 Å². The minimum Gasteiger partial charge on any atom is -0.312 e. The molecule has 6 heteroatoms. The summed E-state index contributed by atoms with van der Waals surface area (Å²) < 4.78 is 25.6. The van der Waals surface area contributed by atoms with Crippen molar-refractivity contribution in [1.82, 2.24) is 4.31 Å². The van der Waals surface area contributed by atoms with Crippen molar-refractivity contribution in [2.75, 3.05) is 30.3 Å². The fraction of sp³-hybridized carbons (Fsp3) is 0.533. The van der Waals surface area contributed by atoms with Crippen LogP contribution in [0.1, 0.15) is 19.8 Å². The largest absolute Gasteiger partial charge is 0.312 e. The molecule has 1 aromatic carbocycles. The van der Waals surface area contributed by atoms with Gasteiger partial charge in [0.25, 0.3) is 0 Å². The monoisotopic (exact) mass is 308 g/mol. The molecule has 1 aromatic rings. The fourth-order valence-corrected chi connectivity index (χ4v) is 4.53. The number of para-hydroxylation sites is 1. The van der Waals surface area contributed by atoms with Gasteiger partial charge in [0.15, 0.2) is 0 Å². The van der Waals surface area contributed by atoms with Crippen molar-refractivity contribution in [3.05, 3.63) is 30.3 Å². The molecule has 114 valence electrons. The molecule has 5 nitrogen and oxygen atoms in total. The van der Waals surface area contributed by atoms with Crippen molar-refractivity contribution in [2.45, 2.75) is 19.8 Å². The van der Waals surface area contributed by atoms with E-state index in [2.05, 4.69) is 0 Å². The maximum absolute atomic E-state index is 12.3. The Morgan fingerprint density at radius 1 is 1.19 bits per heavy atom. The number of anilines is 1. The molecule has 0 aromatic heterocycles. The average Bonchev–Trinajstić information content (AvgIpc) is 3.04. The average molecular weight is 308 g/mol. The summed E-state index contributed by atoms with van der Waals surface area (Å²) >= 11 is 0. The zero-order valence-corrected chi connectivity index (χ0v) is 13.0. The Bertz CT molecular complexity index is 644. The van der Waals surface area contributed by atoms with Crippen LogP contribution in [0.15, 0.2) is 30.3 Å². The third-order valence-corrected chi connectivity index (χ3v) is 6.38. The van der Waals surface area contributed by atoms with E-state index in [4.69, 9.17) is 0 Å². The number of carbonyl (C=O) groups excluding carboxylic acids is 1. The number of hydrogen-bond donors (Lipinski definition) is 0. The van der Waals surface area contributed by atoms with Crippen LogP contribution in [0.4, 0.5) is 5.69 Å². The molecule has 0 saturated carbocycles. The number of benzene rings is 1. The van der Waals surface area contributed by atoms with Crippen molar-refractivity contribution in [3.8, 4) is 0 Å². The van der Waals surface area contributed by atoms with Crippen LogP contribution in [0.25, 0.3) is 0 Å². The van der Waals surface area contributed by atoms with Crippen LogP contribution >= 0.6 is 0 Å². The van der Waals surface area contributed by atoms with Gasteiger partial charge in [-0.3, -0.25) is 4.79 Å². The van der Waals surface area contributed by atoms with Crippen LogP contribution in [0.5, 0.6) is 0 Å². The fourth-order valence-electron chi connectivity index (χ4n) is 3.33. The summed E-state index contributed by atoms with van der Waals surface area (Å²) in [6, 6.07) is 9.59. The Labute approximate surface area is 125 Å². The highest BCUT2D eigenvalue weighted by molar-refractivity contribution is 7.89. The number of sulfonamides is 1. The molecule has 2 fully saturated rings. The SMILES string of the molecule is CCS(=O)(=O)N1CCC2(CC(=O)N(c3ccccc3)C2)C1. The molecule has 1 amide bonds. The van der Waals surface area contributed by atoms with Gasteiger partial charge in [-0.2, -0.15) is 0 Å². The molecule has 0 N–H and O–H groups in total. The standard InChI is InChI=1S/C15H20N2O3S/c1-2-21(19,20)16-9-8-15(11-16)10-14(18)17(12-15)13-6-4-3-5-7-13/h3-7H,2,8-12H2,1H3. The Kier molecular flexibility index (Phi) is 3.53. The normalized spacial score (nSPS) is 26.9. The second-order valence-electron chi connectivity index (χ2n) is 5.98. The molecule has 1 atom stereocenters. The summed E-state index contributed by atoms with van der Waals surface area (Å²) in [6.07, 6.45) is 1.21. The molecule has 2 heterocycles. The summed E-state index contributed by atoms with van der Waals surface area (Å²) in [7, 11) is -3.16. The lowest BCUT2D eigenvalue weighted by atomic mass is 9.86. The quantitative estimate of drug-likeness (QED) is 0.849. The number of amides is 1. The molecular formula is C15H20N2O3S. The molecule has 2 saturated heterocycles. The van der Waals surface area contributed by atoms with Crippen LogP contribution in [-0.4, -0.2) is 44.0 Å². The lowest BCUT2D eigenvalue weighted by Crippen LogP contribution is -2.34. The summed E-state index contributed by atoms with van der Waals surface area (Å²) in [5, 5.41) is 0. The summed E-state index contributed by atoms with van der Waals surface area (Å²) in [6.45, 7) is 3.28. The Balaban J connectivity index is 1.79. The second-order valence-corrected chi connectivity index (χ2v) is 8.23. The van der Waals surface area contributed by atoms with Crippen LogP contribution in [0.3, 0.4) is 0 Å². The van der Waals surface area contributed by atoms with Gasteiger partial charge in [-0.15, -0.1) is 0 Å². The molecule has 2 aliphatic rings. The van der Waals surface area contributed by atoms with Gasteiger partial charge in [0.05, 0.1) is 5.75 Å². The highest BCUT2D eigenvalue weighted by Gasteiger charge is 2.49. The first kappa shape index (κ1) is 14.5. The Hall–Kier alpha value is -1.40. The minimum atomic E-state index is -3.16. The number of hydrogen-bond acceptors (Lipinski definition) is 3. The van der Waals surface area contributed by atoms with Gasteiger partial charge in [-0.05, 0) is 25.5 Å². The highest BCUT2D eigenvalue weighted by atomic mass is 32.2. The van der Waals surface area contributed by atoms with Crippen molar-refractivity contribution in [1.29, 1.82) is 0 Å². The van der Waals surface area contributed by atoms with E-state index in [0.717, 1.165) is 12.1 Å². The molecule has 1 unspecified atom stereocenters. The smallest absolute Gasteiger partial charge is 0.227 e. The van der Waals surface area contributed by atoms with E-state index in [0.29, 0.717) is 26.1 Å². The van der Waals surface area contributed by atoms with Crippen LogP contribution < -0.4 is 4.90 Å². The van der Waals surface area contributed by atoms with Crippen molar-refractivity contribution in [2.24, 2.45) is 5.41 Å². The van der Waals surface area contributed by atoms with E-state index < -0.39 is 10.0 Å². The first-order chi connectivity index (χ1) is 9.96. The Morgan fingerprint density at radius 2 is 1.90 bits per heavy atom. The summed E-state index contributed by atoms with van der Waals surface area (Å²) in [4.78, 5) is 14.1. The van der Waals surface area contributed by atoms with Gasteiger partial charge >= 0.3 is 0 Å². The van der Waals surface area contributed by atoms with Gasteiger partial charge in [-0.25, -0.2) is 12.7 Å². The van der Waals surface area contributed by atoms with Crippen molar-refractivity contribution in [3.63, 3.8) is 0 Å². The van der Waals surface area contributed by atoms with E-state index in [1.807, 2.05) is 30.3 Å². The third kappa shape index (κ3) is 2.58. The lowest BCUT2D eigenvalue weighted by Gasteiger charge is -2.24. The number of carbonyl (C=O) groups is 1. The molecule has 2 aliphatic heterocycles. The summed E-state index contributed by atoms with van der Waals surface area (Å²) in [5.41, 5.74) is 0.686. The first-order valence-electron chi connectivity index (χ1n) is 7.29. The number of rotatable bonds is 3. The van der Waals surface area contributed by atoms with Gasteiger partial charge in [0, 0.05) is 37.2 Å². The predicted octanol–water partition coefficient (Wildman–Crippen LogP) is 1.47. The molecule has 0 radical (unpaired) electrons. The molecule has 1 spiro atoms. The van der Waals surface area contributed by atoms with Crippen LogP contribution in [0.2, 0.25) is 0 Å². The van der Waals surface area contributed by atoms with Gasteiger partial charge in [0.1, 0.15) is 0 Å². The Morgan fingerprint density at radius 3 is 2.57 bits per heavy atom. The van der Waals surface area contributed by atoms with Crippen LogP contribution in [0, 0.1) is 5.41 Å². The number of nitrogens with zero attached hydrogens (tertiary/aromatic N) is 2. The zero-order chi connectivity index (χ0) is 15.1. The van der Waals surface area contributed by atoms with E-state index in [1.54, 1.807) is 16.1 Å². The zero-order valence-electron chi connectivity index (χ0n) is 12.2. The van der Waals surface area contributed by atoms with Gasteiger partial charge in [-0.1, -0.05) is 18.2 Å². The molecule has 3 rings (SSSR count). The maximum Gasteiger partial charge on any atom is 0.227 e. The van der Waals surface area contributed by atoms with Gasteiger partial charge < -0.3 is 4.90 Å². The topological polar surface area (TPSA) is 57.7 Å². The first-order valence-corrected chi connectivity index (χ1v) is 8.90. The van der Waals surface area contributed by atoms with Gasteiger partial charge in [0.2, 0.25) is 15.9 Å². The summed E-state index contributed by atoms with van der Waals surface area (Å²) in [5.74, 6) is 0.219. The van der Waals surface area contributed by atoms with E-state index >= 15 is 0 Å². The minimum absolute atomic E-state index is 0.0944. The molecule has 0 aliphatic carbocycles.